The minimum absolute atomic E-state index is 0.106. The molecular formula is C18H29N3O4. The first-order valence-corrected chi connectivity index (χ1v) is 8.23. The minimum atomic E-state index is -0.299. The first-order valence-electron chi connectivity index (χ1n) is 8.23. The number of rotatable bonds is 8. The van der Waals surface area contributed by atoms with Crippen LogP contribution in [0.4, 0.5) is 5.69 Å². The van der Waals surface area contributed by atoms with Crippen molar-refractivity contribution in [2.24, 2.45) is 0 Å². The van der Waals surface area contributed by atoms with E-state index in [0.717, 1.165) is 0 Å². The summed E-state index contributed by atoms with van der Waals surface area (Å²) in [5.74, 6) is 0.828. The van der Waals surface area contributed by atoms with E-state index in [1.54, 1.807) is 30.2 Å². The summed E-state index contributed by atoms with van der Waals surface area (Å²) in [6.45, 7) is 8.52. The highest BCUT2D eigenvalue weighted by molar-refractivity contribution is 5.94. The molecule has 0 aliphatic carbocycles. The number of nitrogens with zero attached hydrogens (tertiary/aromatic N) is 1. The number of hydrogen-bond acceptors (Lipinski definition) is 5. The van der Waals surface area contributed by atoms with Crippen molar-refractivity contribution in [3.63, 3.8) is 0 Å². The molecule has 2 amide bonds. The predicted molar refractivity (Wildman–Crippen MR) is 98.2 cm³/mol. The molecule has 0 spiro atoms. The molecule has 0 radical (unpaired) electrons. The average molecular weight is 351 g/mol. The van der Waals surface area contributed by atoms with E-state index in [1.165, 1.54) is 7.11 Å². The number of amides is 2. The Morgan fingerprint density at radius 2 is 1.72 bits per heavy atom. The van der Waals surface area contributed by atoms with Gasteiger partial charge >= 0.3 is 0 Å². The molecule has 0 aliphatic heterocycles. The third kappa shape index (κ3) is 7.43. The van der Waals surface area contributed by atoms with Gasteiger partial charge in [-0.15, -0.1) is 0 Å². The van der Waals surface area contributed by atoms with Gasteiger partial charge in [0.2, 0.25) is 11.8 Å². The molecule has 0 saturated heterocycles. The molecule has 0 aliphatic rings. The third-order valence-electron chi connectivity index (χ3n) is 3.38. The van der Waals surface area contributed by atoms with Crippen molar-refractivity contribution in [2.75, 3.05) is 39.2 Å². The first-order chi connectivity index (χ1) is 11.7. The van der Waals surface area contributed by atoms with Crippen molar-refractivity contribution >= 4 is 17.5 Å². The molecule has 2 N–H and O–H groups in total. The van der Waals surface area contributed by atoms with Crippen LogP contribution in [0.5, 0.6) is 11.5 Å². The van der Waals surface area contributed by atoms with Gasteiger partial charge in [0.25, 0.3) is 0 Å². The van der Waals surface area contributed by atoms with Crippen LogP contribution in [-0.2, 0) is 9.59 Å². The quantitative estimate of drug-likeness (QED) is 0.747. The fraction of sp³-hybridized carbons (Fsp3) is 0.556. The lowest BCUT2D eigenvalue weighted by atomic mass is 10.1. The van der Waals surface area contributed by atoms with Gasteiger partial charge in [-0.1, -0.05) is 6.92 Å². The number of anilines is 1. The van der Waals surface area contributed by atoms with Gasteiger partial charge in [0.05, 0.1) is 33.0 Å². The second-order valence-corrected chi connectivity index (χ2v) is 6.72. The van der Waals surface area contributed by atoms with Gasteiger partial charge in [-0.3, -0.25) is 14.5 Å². The summed E-state index contributed by atoms with van der Waals surface area (Å²) in [6.07, 6.45) is 0. The summed E-state index contributed by atoms with van der Waals surface area (Å²) in [5, 5.41) is 5.70. The average Bonchev–Trinajstić information content (AvgIpc) is 2.52. The van der Waals surface area contributed by atoms with Crippen molar-refractivity contribution < 1.29 is 19.1 Å². The SMILES string of the molecule is CCN(CC(=O)Nc1cc(OC)ccc1OC)CC(=O)NC(C)(C)C. The van der Waals surface area contributed by atoms with Crippen LogP contribution >= 0.6 is 0 Å². The van der Waals surface area contributed by atoms with Gasteiger partial charge in [0, 0.05) is 11.6 Å². The van der Waals surface area contributed by atoms with Gasteiger partial charge in [-0.2, -0.15) is 0 Å². The van der Waals surface area contributed by atoms with E-state index in [1.807, 2.05) is 27.7 Å². The van der Waals surface area contributed by atoms with Crippen LogP contribution in [0.2, 0.25) is 0 Å². The van der Waals surface area contributed by atoms with Gasteiger partial charge in [-0.05, 0) is 39.4 Å². The number of carbonyl (C=O) groups is 2. The molecule has 7 heteroatoms. The third-order valence-corrected chi connectivity index (χ3v) is 3.38. The maximum Gasteiger partial charge on any atom is 0.238 e. The zero-order valence-electron chi connectivity index (χ0n) is 15.9. The summed E-state index contributed by atoms with van der Waals surface area (Å²) in [5.41, 5.74) is 0.231. The Morgan fingerprint density at radius 1 is 1.08 bits per heavy atom. The molecular weight excluding hydrogens is 322 g/mol. The smallest absolute Gasteiger partial charge is 0.238 e. The molecule has 0 heterocycles. The van der Waals surface area contributed by atoms with Gasteiger partial charge in [0.1, 0.15) is 11.5 Å². The predicted octanol–water partition coefficient (Wildman–Crippen LogP) is 1.88. The van der Waals surface area contributed by atoms with Crippen molar-refractivity contribution in [1.29, 1.82) is 0 Å². The van der Waals surface area contributed by atoms with Crippen LogP contribution in [0.1, 0.15) is 27.7 Å². The van der Waals surface area contributed by atoms with Gasteiger partial charge in [0.15, 0.2) is 0 Å². The van der Waals surface area contributed by atoms with Gasteiger partial charge < -0.3 is 20.1 Å². The second kappa shape index (κ2) is 9.27. The van der Waals surface area contributed by atoms with Gasteiger partial charge in [-0.25, -0.2) is 0 Å². The standard InChI is InChI=1S/C18H29N3O4/c1-7-21(12-17(23)20-18(2,3)4)11-16(22)19-14-10-13(24-5)8-9-15(14)25-6/h8-10H,7,11-12H2,1-6H3,(H,19,22)(H,20,23). The van der Waals surface area contributed by atoms with Crippen LogP contribution < -0.4 is 20.1 Å². The summed E-state index contributed by atoms with van der Waals surface area (Å²) in [6, 6.07) is 5.17. The minimum Gasteiger partial charge on any atom is -0.497 e. The molecule has 0 bridgehead atoms. The zero-order valence-corrected chi connectivity index (χ0v) is 15.9. The summed E-state index contributed by atoms with van der Waals surface area (Å²) < 4.78 is 10.4. The Morgan fingerprint density at radius 3 is 2.24 bits per heavy atom. The maximum absolute atomic E-state index is 12.3. The van der Waals surface area contributed by atoms with E-state index in [2.05, 4.69) is 10.6 Å². The highest BCUT2D eigenvalue weighted by Crippen LogP contribution is 2.28. The number of ether oxygens (including phenoxy) is 2. The number of likely N-dealkylation sites (N-methyl/N-ethyl adjacent to an activating group) is 1. The van der Waals surface area contributed by atoms with Crippen molar-refractivity contribution in [2.45, 2.75) is 33.2 Å². The van der Waals surface area contributed by atoms with E-state index in [0.29, 0.717) is 23.7 Å². The number of benzene rings is 1. The normalized spacial score (nSPS) is 11.2. The Hall–Kier alpha value is -2.28. The summed E-state index contributed by atoms with van der Waals surface area (Å²) in [7, 11) is 3.09. The van der Waals surface area contributed by atoms with Crippen molar-refractivity contribution in [3.05, 3.63) is 18.2 Å². The molecule has 0 aromatic heterocycles. The first kappa shape index (κ1) is 20.8. The molecule has 7 nitrogen and oxygen atoms in total. The molecule has 1 aromatic carbocycles. The van der Waals surface area contributed by atoms with Crippen molar-refractivity contribution in [1.82, 2.24) is 10.2 Å². The number of hydrogen-bond donors (Lipinski definition) is 2. The zero-order chi connectivity index (χ0) is 19.0. The van der Waals surface area contributed by atoms with E-state index in [-0.39, 0.29) is 30.4 Å². The number of carbonyl (C=O) groups excluding carboxylic acids is 2. The van der Waals surface area contributed by atoms with E-state index in [4.69, 9.17) is 9.47 Å². The summed E-state index contributed by atoms with van der Waals surface area (Å²) in [4.78, 5) is 26.1. The van der Waals surface area contributed by atoms with E-state index >= 15 is 0 Å². The molecule has 1 aromatic rings. The lowest BCUT2D eigenvalue weighted by Gasteiger charge is -2.24. The van der Waals surface area contributed by atoms with Crippen LogP contribution in [-0.4, -0.2) is 56.1 Å². The monoisotopic (exact) mass is 351 g/mol. The maximum atomic E-state index is 12.3. The summed E-state index contributed by atoms with van der Waals surface area (Å²) >= 11 is 0. The second-order valence-electron chi connectivity index (χ2n) is 6.72. The number of nitrogens with one attached hydrogen (secondary N) is 2. The molecule has 0 saturated carbocycles. The highest BCUT2D eigenvalue weighted by atomic mass is 16.5. The van der Waals surface area contributed by atoms with Crippen molar-refractivity contribution in [3.8, 4) is 11.5 Å². The Kier molecular flexibility index (Phi) is 7.70. The molecule has 0 atom stereocenters. The lowest BCUT2D eigenvalue weighted by molar-refractivity contribution is -0.124. The van der Waals surface area contributed by atoms with Crippen LogP contribution in [0.25, 0.3) is 0 Å². The molecule has 140 valence electrons. The topological polar surface area (TPSA) is 79.9 Å². The molecule has 0 fully saturated rings. The lowest BCUT2D eigenvalue weighted by Crippen LogP contribution is -2.47. The number of methoxy groups -OCH3 is 2. The largest absolute Gasteiger partial charge is 0.497 e. The van der Waals surface area contributed by atoms with E-state index in [9.17, 15) is 9.59 Å². The molecule has 0 unspecified atom stereocenters. The fourth-order valence-corrected chi connectivity index (χ4v) is 2.24. The fourth-order valence-electron chi connectivity index (χ4n) is 2.24. The molecule has 1 rings (SSSR count). The Balaban J connectivity index is 2.69. The Bertz CT molecular complexity index is 596. The van der Waals surface area contributed by atoms with Crippen LogP contribution in [0.15, 0.2) is 18.2 Å². The van der Waals surface area contributed by atoms with Crippen LogP contribution in [0.3, 0.4) is 0 Å². The van der Waals surface area contributed by atoms with E-state index < -0.39 is 0 Å². The molecule has 25 heavy (non-hydrogen) atoms. The Labute approximate surface area is 149 Å². The highest BCUT2D eigenvalue weighted by Gasteiger charge is 2.18. The van der Waals surface area contributed by atoms with Crippen LogP contribution in [0, 0.1) is 0 Å².